The standard InChI is InChI=1S/C17H28N4O3.C2HF3O2/c1-22-10-6-18-16-2-5-19-17(20-16)15-13-24-11-7-21(15)12-14-3-8-23-9-4-14;3-2(4,5)1(6)7/h2,5,14-15H,3-4,6-13H2,1H3,(H,18,19,20);(H,6,7). The van der Waals surface area contributed by atoms with Gasteiger partial charge in [-0.15, -0.1) is 0 Å². The van der Waals surface area contributed by atoms with Gasteiger partial charge in [0.15, 0.2) is 0 Å². The molecule has 1 aromatic heterocycles. The molecule has 0 amide bonds. The SMILES string of the molecule is COCCNc1ccnc(C2COCCN2CC2CCOCC2)n1.O=C(O)C(F)(F)F. The highest BCUT2D eigenvalue weighted by Crippen LogP contribution is 2.26. The minimum absolute atomic E-state index is 0.130. The lowest BCUT2D eigenvalue weighted by Gasteiger charge is -2.37. The van der Waals surface area contributed by atoms with Gasteiger partial charge in [0.05, 0.1) is 25.9 Å². The van der Waals surface area contributed by atoms with Gasteiger partial charge in [0.2, 0.25) is 0 Å². The molecule has 3 heterocycles. The molecule has 1 unspecified atom stereocenters. The van der Waals surface area contributed by atoms with Crippen LogP contribution >= 0.6 is 0 Å². The smallest absolute Gasteiger partial charge is 0.475 e. The average molecular weight is 450 g/mol. The van der Waals surface area contributed by atoms with Gasteiger partial charge in [-0.3, -0.25) is 4.90 Å². The highest BCUT2D eigenvalue weighted by molar-refractivity contribution is 5.73. The quantitative estimate of drug-likeness (QED) is 0.603. The molecule has 12 heteroatoms. The summed E-state index contributed by atoms with van der Waals surface area (Å²) in [5.41, 5.74) is 0. The highest BCUT2D eigenvalue weighted by Gasteiger charge is 2.38. The summed E-state index contributed by atoms with van der Waals surface area (Å²) in [7, 11) is 1.70. The third kappa shape index (κ3) is 8.93. The van der Waals surface area contributed by atoms with Crippen LogP contribution in [-0.2, 0) is 19.0 Å². The number of halogens is 3. The molecule has 0 saturated carbocycles. The molecule has 3 rings (SSSR count). The van der Waals surface area contributed by atoms with Gasteiger partial charge >= 0.3 is 12.1 Å². The zero-order valence-electron chi connectivity index (χ0n) is 17.4. The molecule has 0 spiro atoms. The Labute approximate surface area is 178 Å². The number of carboxylic acids is 1. The Morgan fingerprint density at radius 3 is 2.68 bits per heavy atom. The number of ether oxygens (including phenoxy) is 3. The topological polar surface area (TPSA) is 106 Å². The van der Waals surface area contributed by atoms with Crippen LogP contribution in [0.1, 0.15) is 24.7 Å². The molecular formula is C19H29F3N4O5. The lowest BCUT2D eigenvalue weighted by Crippen LogP contribution is -2.43. The van der Waals surface area contributed by atoms with E-state index in [4.69, 9.17) is 24.1 Å². The summed E-state index contributed by atoms with van der Waals surface area (Å²) in [6, 6.07) is 2.02. The minimum atomic E-state index is -5.08. The largest absolute Gasteiger partial charge is 0.490 e. The highest BCUT2D eigenvalue weighted by atomic mass is 19.4. The molecule has 2 aliphatic rings. The van der Waals surface area contributed by atoms with E-state index in [1.807, 2.05) is 12.3 Å². The van der Waals surface area contributed by atoms with Crippen LogP contribution in [-0.4, -0.2) is 91.9 Å². The molecule has 0 bridgehead atoms. The molecular weight excluding hydrogens is 421 g/mol. The van der Waals surface area contributed by atoms with Crippen molar-refractivity contribution in [1.82, 2.24) is 14.9 Å². The van der Waals surface area contributed by atoms with E-state index >= 15 is 0 Å². The van der Waals surface area contributed by atoms with Gasteiger partial charge in [-0.2, -0.15) is 13.2 Å². The van der Waals surface area contributed by atoms with Crippen molar-refractivity contribution in [3.05, 3.63) is 18.1 Å². The number of alkyl halides is 3. The summed E-state index contributed by atoms with van der Waals surface area (Å²) in [5.74, 6) is -0.382. The predicted octanol–water partition coefficient (Wildman–Crippen LogP) is 1.97. The third-order valence-electron chi connectivity index (χ3n) is 4.90. The summed E-state index contributed by atoms with van der Waals surface area (Å²) in [6.45, 7) is 6.61. The fraction of sp³-hybridized carbons (Fsp3) is 0.737. The fourth-order valence-corrected chi connectivity index (χ4v) is 3.27. The zero-order valence-corrected chi connectivity index (χ0v) is 17.4. The Bertz CT molecular complexity index is 674. The van der Waals surface area contributed by atoms with Crippen molar-refractivity contribution in [2.24, 2.45) is 5.92 Å². The Morgan fingerprint density at radius 2 is 2.03 bits per heavy atom. The van der Waals surface area contributed by atoms with E-state index in [0.717, 1.165) is 63.9 Å². The van der Waals surface area contributed by atoms with Crippen LogP contribution in [0.4, 0.5) is 19.0 Å². The first-order chi connectivity index (χ1) is 14.8. The number of rotatable bonds is 7. The van der Waals surface area contributed by atoms with Gasteiger partial charge in [-0.05, 0) is 24.8 Å². The lowest BCUT2D eigenvalue weighted by atomic mass is 9.98. The monoisotopic (exact) mass is 450 g/mol. The van der Waals surface area contributed by atoms with Crippen molar-refractivity contribution in [1.29, 1.82) is 0 Å². The van der Waals surface area contributed by atoms with E-state index < -0.39 is 12.1 Å². The van der Waals surface area contributed by atoms with Crippen molar-refractivity contribution in [2.75, 3.05) is 65.1 Å². The van der Waals surface area contributed by atoms with E-state index in [-0.39, 0.29) is 6.04 Å². The predicted molar refractivity (Wildman–Crippen MR) is 105 cm³/mol. The number of anilines is 1. The first-order valence-electron chi connectivity index (χ1n) is 10.1. The maximum Gasteiger partial charge on any atom is 0.490 e. The van der Waals surface area contributed by atoms with Crippen LogP contribution in [0.2, 0.25) is 0 Å². The fourth-order valence-electron chi connectivity index (χ4n) is 3.27. The molecule has 0 radical (unpaired) electrons. The van der Waals surface area contributed by atoms with Gasteiger partial charge < -0.3 is 24.6 Å². The number of nitrogens with zero attached hydrogens (tertiary/aromatic N) is 3. The van der Waals surface area contributed by atoms with Gasteiger partial charge in [0.25, 0.3) is 0 Å². The molecule has 2 fully saturated rings. The van der Waals surface area contributed by atoms with Crippen molar-refractivity contribution in [2.45, 2.75) is 25.1 Å². The molecule has 2 N–H and O–H groups in total. The van der Waals surface area contributed by atoms with Crippen LogP contribution < -0.4 is 5.32 Å². The van der Waals surface area contributed by atoms with E-state index in [9.17, 15) is 13.2 Å². The molecule has 1 aromatic rings. The normalized spacial score (nSPS) is 20.6. The number of morpholine rings is 1. The number of aromatic nitrogens is 2. The van der Waals surface area contributed by atoms with Gasteiger partial charge in [-0.1, -0.05) is 0 Å². The molecule has 1 atom stereocenters. The molecule has 0 aromatic carbocycles. The van der Waals surface area contributed by atoms with Crippen LogP contribution in [0, 0.1) is 5.92 Å². The third-order valence-corrected chi connectivity index (χ3v) is 4.90. The van der Waals surface area contributed by atoms with E-state index in [1.165, 1.54) is 0 Å². The summed E-state index contributed by atoms with van der Waals surface area (Å²) in [4.78, 5) is 20.6. The Hall–Kier alpha value is -2.02. The summed E-state index contributed by atoms with van der Waals surface area (Å²) >= 11 is 0. The number of methoxy groups -OCH3 is 1. The van der Waals surface area contributed by atoms with Crippen molar-refractivity contribution < 1.29 is 37.3 Å². The maximum atomic E-state index is 10.6. The molecule has 0 aliphatic carbocycles. The minimum Gasteiger partial charge on any atom is -0.475 e. The van der Waals surface area contributed by atoms with Gasteiger partial charge in [-0.25, -0.2) is 14.8 Å². The molecule has 2 aliphatic heterocycles. The Kier molecular flexibility index (Phi) is 10.4. The van der Waals surface area contributed by atoms with Crippen molar-refractivity contribution >= 4 is 11.8 Å². The molecule has 2 saturated heterocycles. The number of carbonyl (C=O) groups is 1. The van der Waals surface area contributed by atoms with Crippen molar-refractivity contribution in [3.63, 3.8) is 0 Å². The number of hydrogen-bond acceptors (Lipinski definition) is 8. The number of carboxylic acid groups (broad SMARTS) is 1. The lowest BCUT2D eigenvalue weighted by molar-refractivity contribution is -0.192. The van der Waals surface area contributed by atoms with Crippen LogP contribution in [0.5, 0.6) is 0 Å². The summed E-state index contributed by atoms with van der Waals surface area (Å²) in [5, 5.41) is 10.4. The summed E-state index contributed by atoms with van der Waals surface area (Å²) < 4.78 is 48.0. The molecule has 9 nitrogen and oxygen atoms in total. The Morgan fingerprint density at radius 1 is 1.32 bits per heavy atom. The van der Waals surface area contributed by atoms with Gasteiger partial charge in [0.1, 0.15) is 11.6 Å². The van der Waals surface area contributed by atoms with Crippen LogP contribution in [0.15, 0.2) is 12.3 Å². The van der Waals surface area contributed by atoms with E-state index in [0.29, 0.717) is 19.1 Å². The first kappa shape index (κ1) is 25.2. The van der Waals surface area contributed by atoms with E-state index in [1.54, 1.807) is 7.11 Å². The second kappa shape index (κ2) is 12.7. The second-order valence-corrected chi connectivity index (χ2v) is 7.16. The van der Waals surface area contributed by atoms with E-state index in [2.05, 4.69) is 20.2 Å². The zero-order chi connectivity index (χ0) is 22.7. The number of hydrogen-bond donors (Lipinski definition) is 2. The van der Waals surface area contributed by atoms with Crippen LogP contribution in [0.25, 0.3) is 0 Å². The van der Waals surface area contributed by atoms with Crippen LogP contribution in [0.3, 0.4) is 0 Å². The number of nitrogens with one attached hydrogen (secondary N) is 1. The van der Waals surface area contributed by atoms with Crippen molar-refractivity contribution in [3.8, 4) is 0 Å². The van der Waals surface area contributed by atoms with Gasteiger partial charge in [0, 0.05) is 46.2 Å². The second-order valence-electron chi connectivity index (χ2n) is 7.16. The molecule has 176 valence electrons. The number of aliphatic carboxylic acids is 1. The first-order valence-corrected chi connectivity index (χ1v) is 10.1. The Balaban J connectivity index is 0.000000423. The summed E-state index contributed by atoms with van der Waals surface area (Å²) in [6.07, 6.45) is -0.980. The maximum absolute atomic E-state index is 10.6. The molecule has 31 heavy (non-hydrogen) atoms. The average Bonchev–Trinajstić information content (AvgIpc) is 2.75.